The monoisotopic (exact) mass is 344 g/mol. The number of rotatable bonds is 8. The van der Waals surface area contributed by atoms with Gasteiger partial charge in [0.1, 0.15) is 12.4 Å². The smallest absolute Gasteiger partial charge is 0.407 e. The molecule has 2 amide bonds. The minimum absolute atomic E-state index is 0.109. The number of nitrogens with zero attached hydrogens (tertiary/aromatic N) is 2. The number of hydrogen-bond acceptors (Lipinski definition) is 4. The zero-order valence-electron chi connectivity index (χ0n) is 14.6. The second kappa shape index (κ2) is 9.46. The molecule has 0 bridgehead atoms. The molecule has 0 saturated carbocycles. The molecule has 2 aromatic rings. The number of nitrogens with one attached hydrogen (secondary N) is 2. The summed E-state index contributed by atoms with van der Waals surface area (Å²) < 4.78 is 6.85. The Morgan fingerprint density at radius 1 is 1.20 bits per heavy atom. The molecule has 1 aromatic carbocycles. The topological polar surface area (TPSA) is 85.3 Å². The van der Waals surface area contributed by atoms with Crippen molar-refractivity contribution in [3.8, 4) is 0 Å². The van der Waals surface area contributed by atoms with E-state index in [4.69, 9.17) is 4.74 Å². The minimum atomic E-state index is -0.484. The highest BCUT2D eigenvalue weighted by atomic mass is 16.5. The Morgan fingerprint density at radius 3 is 2.68 bits per heavy atom. The number of alkyl carbamates (subject to hydrolysis) is 1. The Bertz CT molecular complexity index is 683. The van der Waals surface area contributed by atoms with Gasteiger partial charge in [-0.3, -0.25) is 4.79 Å². The van der Waals surface area contributed by atoms with Crippen LogP contribution in [0.2, 0.25) is 0 Å². The van der Waals surface area contributed by atoms with Gasteiger partial charge >= 0.3 is 6.09 Å². The molecule has 0 saturated heterocycles. The molecule has 2 N–H and O–H groups in total. The number of benzene rings is 1. The minimum Gasteiger partial charge on any atom is -0.445 e. The molecule has 2 rings (SSSR count). The number of aromatic nitrogens is 2. The maximum Gasteiger partial charge on any atom is 0.407 e. The van der Waals surface area contributed by atoms with E-state index in [9.17, 15) is 9.59 Å². The molecule has 0 aliphatic carbocycles. The molecule has 0 atom stereocenters. The Labute approximate surface area is 147 Å². The average molecular weight is 344 g/mol. The first-order valence-electron chi connectivity index (χ1n) is 8.34. The zero-order chi connectivity index (χ0) is 18.1. The summed E-state index contributed by atoms with van der Waals surface area (Å²) in [6.07, 6.45) is 2.01. The quantitative estimate of drug-likeness (QED) is 0.721. The molecule has 1 aromatic heterocycles. The Hall–Kier alpha value is -2.83. The van der Waals surface area contributed by atoms with Crippen LogP contribution in [0.3, 0.4) is 0 Å². The fourth-order valence-corrected chi connectivity index (χ4v) is 2.24. The van der Waals surface area contributed by atoms with Crippen molar-refractivity contribution in [3.63, 3.8) is 0 Å². The van der Waals surface area contributed by atoms with Gasteiger partial charge in [-0.1, -0.05) is 30.3 Å². The standard InChI is InChI=1S/C18H24N4O3/c1-14(2)22-16(10-12-20-22)21-17(23)9-6-11-19-18(24)25-13-15-7-4-3-5-8-15/h3-5,7-8,10,12,14H,6,9,11,13H2,1-2H3,(H,19,24)(H,21,23). The van der Waals surface area contributed by atoms with Crippen molar-refractivity contribution < 1.29 is 14.3 Å². The van der Waals surface area contributed by atoms with E-state index in [2.05, 4.69) is 15.7 Å². The van der Waals surface area contributed by atoms with Gasteiger partial charge in [-0.15, -0.1) is 0 Å². The van der Waals surface area contributed by atoms with Crippen LogP contribution < -0.4 is 10.6 Å². The van der Waals surface area contributed by atoms with Crippen LogP contribution in [0.1, 0.15) is 38.3 Å². The van der Waals surface area contributed by atoms with Gasteiger partial charge in [0.2, 0.25) is 5.91 Å². The predicted octanol–water partition coefficient (Wildman–Crippen LogP) is 3.11. The number of carbonyl (C=O) groups excluding carboxylic acids is 2. The molecule has 0 fully saturated rings. The fourth-order valence-electron chi connectivity index (χ4n) is 2.24. The second-order valence-electron chi connectivity index (χ2n) is 5.90. The highest BCUT2D eigenvalue weighted by Gasteiger charge is 2.09. The third-order valence-corrected chi connectivity index (χ3v) is 3.49. The van der Waals surface area contributed by atoms with Crippen molar-refractivity contribution in [3.05, 3.63) is 48.2 Å². The lowest BCUT2D eigenvalue weighted by Gasteiger charge is -2.11. The molecular formula is C18H24N4O3. The first-order valence-corrected chi connectivity index (χ1v) is 8.34. The van der Waals surface area contributed by atoms with Crippen LogP contribution in [-0.2, 0) is 16.1 Å². The van der Waals surface area contributed by atoms with Gasteiger partial charge in [-0.2, -0.15) is 5.10 Å². The molecule has 0 aliphatic heterocycles. The number of carbonyl (C=O) groups is 2. The normalized spacial score (nSPS) is 10.5. The van der Waals surface area contributed by atoms with Crippen LogP contribution >= 0.6 is 0 Å². The molecule has 0 aliphatic rings. The van der Waals surface area contributed by atoms with Gasteiger partial charge in [-0.05, 0) is 25.8 Å². The number of anilines is 1. The molecule has 7 nitrogen and oxygen atoms in total. The highest BCUT2D eigenvalue weighted by molar-refractivity contribution is 5.89. The van der Waals surface area contributed by atoms with Crippen LogP contribution in [0.15, 0.2) is 42.6 Å². The lowest BCUT2D eigenvalue weighted by Crippen LogP contribution is -2.26. The summed E-state index contributed by atoms with van der Waals surface area (Å²) in [4.78, 5) is 23.5. The predicted molar refractivity (Wildman–Crippen MR) is 95.1 cm³/mol. The van der Waals surface area contributed by atoms with Crippen LogP contribution in [-0.4, -0.2) is 28.3 Å². The van der Waals surface area contributed by atoms with E-state index >= 15 is 0 Å². The second-order valence-corrected chi connectivity index (χ2v) is 5.90. The Balaban J connectivity index is 1.61. The van der Waals surface area contributed by atoms with E-state index in [-0.39, 0.29) is 18.6 Å². The van der Waals surface area contributed by atoms with Crippen molar-refractivity contribution in [2.75, 3.05) is 11.9 Å². The number of amides is 2. The van der Waals surface area contributed by atoms with Gasteiger partial charge in [0, 0.05) is 25.1 Å². The van der Waals surface area contributed by atoms with Gasteiger partial charge in [0.15, 0.2) is 0 Å². The molecule has 7 heteroatoms. The van der Waals surface area contributed by atoms with E-state index in [1.54, 1.807) is 16.9 Å². The summed E-state index contributed by atoms with van der Waals surface area (Å²) in [7, 11) is 0. The van der Waals surface area contributed by atoms with E-state index in [1.165, 1.54) is 0 Å². The molecule has 1 heterocycles. The van der Waals surface area contributed by atoms with Gasteiger partial charge in [0.05, 0.1) is 6.20 Å². The van der Waals surface area contributed by atoms with Gasteiger partial charge < -0.3 is 15.4 Å². The summed E-state index contributed by atoms with van der Waals surface area (Å²) in [6.45, 7) is 4.60. The lowest BCUT2D eigenvalue weighted by atomic mass is 10.2. The molecule has 0 spiro atoms. The Kier molecular flexibility index (Phi) is 7.00. The van der Waals surface area contributed by atoms with E-state index < -0.39 is 6.09 Å². The SMILES string of the molecule is CC(C)n1nccc1NC(=O)CCCNC(=O)OCc1ccccc1. The van der Waals surface area contributed by atoms with Crippen molar-refractivity contribution in [1.29, 1.82) is 0 Å². The van der Waals surface area contributed by atoms with Gasteiger partial charge in [-0.25, -0.2) is 9.48 Å². The van der Waals surface area contributed by atoms with E-state index in [0.29, 0.717) is 25.2 Å². The highest BCUT2D eigenvalue weighted by Crippen LogP contribution is 2.13. The van der Waals surface area contributed by atoms with Crippen LogP contribution in [0.4, 0.5) is 10.6 Å². The molecule has 0 radical (unpaired) electrons. The number of hydrogen-bond donors (Lipinski definition) is 2. The summed E-state index contributed by atoms with van der Waals surface area (Å²) in [6, 6.07) is 11.4. The average Bonchev–Trinajstić information content (AvgIpc) is 3.06. The molecular weight excluding hydrogens is 320 g/mol. The maximum atomic E-state index is 11.9. The van der Waals surface area contributed by atoms with Crippen LogP contribution in [0.5, 0.6) is 0 Å². The van der Waals surface area contributed by atoms with Crippen molar-refractivity contribution >= 4 is 17.8 Å². The van der Waals surface area contributed by atoms with Crippen molar-refractivity contribution in [1.82, 2.24) is 15.1 Å². The summed E-state index contributed by atoms with van der Waals surface area (Å²) in [5.74, 6) is 0.567. The van der Waals surface area contributed by atoms with Crippen molar-refractivity contribution in [2.45, 2.75) is 39.3 Å². The first kappa shape index (κ1) is 18.5. The van der Waals surface area contributed by atoms with E-state index in [0.717, 1.165) is 5.56 Å². The largest absolute Gasteiger partial charge is 0.445 e. The Morgan fingerprint density at radius 2 is 1.96 bits per heavy atom. The molecule has 25 heavy (non-hydrogen) atoms. The summed E-state index contributed by atoms with van der Waals surface area (Å²) >= 11 is 0. The molecule has 0 unspecified atom stereocenters. The fraction of sp³-hybridized carbons (Fsp3) is 0.389. The maximum absolute atomic E-state index is 11.9. The van der Waals surface area contributed by atoms with Crippen molar-refractivity contribution in [2.24, 2.45) is 0 Å². The zero-order valence-corrected chi connectivity index (χ0v) is 14.6. The van der Waals surface area contributed by atoms with Crippen LogP contribution in [0, 0.1) is 0 Å². The lowest BCUT2D eigenvalue weighted by molar-refractivity contribution is -0.116. The number of ether oxygens (including phenoxy) is 1. The molecule has 134 valence electrons. The summed E-state index contributed by atoms with van der Waals surface area (Å²) in [5.41, 5.74) is 0.929. The third kappa shape index (κ3) is 6.29. The van der Waals surface area contributed by atoms with Crippen LogP contribution in [0.25, 0.3) is 0 Å². The summed E-state index contributed by atoms with van der Waals surface area (Å²) in [5, 5.41) is 9.62. The third-order valence-electron chi connectivity index (χ3n) is 3.49. The first-order chi connectivity index (χ1) is 12.1. The van der Waals surface area contributed by atoms with Gasteiger partial charge in [0.25, 0.3) is 0 Å². The van der Waals surface area contributed by atoms with E-state index in [1.807, 2.05) is 44.2 Å².